The van der Waals surface area contributed by atoms with Gasteiger partial charge in [-0.25, -0.2) is 9.97 Å². The number of nitrogens with zero attached hydrogens (tertiary/aromatic N) is 2. The van der Waals surface area contributed by atoms with Gasteiger partial charge in [0.25, 0.3) is 5.91 Å². The molecule has 2 N–H and O–H groups in total. The molecule has 0 atom stereocenters. The quantitative estimate of drug-likeness (QED) is 0.770. The Kier molecular flexibility index (Phi) is 5.85. The van der Waals surface area contributed by atoms with Crippen molar-refractivity contribution in [1.82, 2.24) is 9.97 Å². The van der Waals surface area contributed by atoms with Crippen LogP contribution in [0.15, 0.2) is 35.1 Å². The smallest absolute Gasteiger partial charge is 0.274 e. The van der Waals surface area contributed by atoms with Crippen molar-refractivity contribution in [2.75, 3.05) is 30.9 Å². The Morgan fingerprint density at radius 3 is 2.86 bits per heavy atom. The van der Waals surface area contributed by atoms with Crippen LogP contribution in [-0.2, 0) is 4.74 Å². The highest BCUT2D eigenvalue weighted by molar-refractivity contribution is 9.10. The highest BCUT2D eigenvalue weighted by Gasteiger charge is 2.11. The predicted molar refractivity (Wildman–Crippen MR) is 89.2 cm³/mol. The van der Waals surface area contributed by atoms with E-state index in [1.165, 1.54) is 6.33 Å². The molecule has 22 heavy (non-hydrogen) atoms. The van der Waals surface area contributed by atoms with Gasteiger partial charge in [-0.2, -0.15) is 0 Å². The average molecular weight is 365 g/mol. The lowest BCUT2D eigenvalue weighted by Gasteiger charge is -2.09. The maximum Gasteiger partial charge on any atom is 0.274 e. The lowest BCUT2D eigenvalue weighted by molar-refractivity contribution is 0.102. The van der Waals surface area contributed by atoms with E-state index in [0.29, 0.717) is 30.4 Å². The molecule has 1 heterocycles. The van der Waals surface area contributed by atoms with Crippen LogP contribution in [0, 0.1) is 6.92 Å². The van der Waals surface area contributed by atoms with E-state index in [2.05, 4.69) is 36.5 Å². The number of rotatable bonds is 6. The van der Waals surface area contributed by atoms with E-state index in [9.17, 15) is 4.79 Å². The van der Waals surface area contributed by atoms with Crippen LogP contribution in [0.25, 0.3) is 0 Å². The van der Waals surface area contributed by atoms with Gasteiger partial charge in [-0.15, -0.1) is 0 Å². The number of ether oxygens (including phenoxy) is 1. The Morgan fingerprint density at radius 2 is 2.14 bits per heavy atom. The van der Waals surface area contributed by atoms with Gasteiger partial charge in [-0.1, -0.05) is 6.07 Å². The van der Waals surface area contributed by atoms with Gasteiger partial charge in [0.15, 0.2) is 0 Å². The molecule has 0 radical (unpaired) electrons. The molecule has 2 aromatic rings. The minimum absolute atomic E-state index is 0.290. The molecule has 0 saturated heterocycles. The van der Waals surface area contributed by atoms with E-state index in [0.717, 1.165) is 10.0 Å². The van der Waals surface area contributed by atoms with Crippen molar-refractivity contribution in [3.63, 3.8) is 0 Å². The van der Waals surface area contributed by atoms with Crippen LogP contribution in [0.3, 0.4) is 0 Å². The van der Waals surface area contributed by atoms with Crippen LogP contribution in [0.1, 0.15) is 16.1 Å². The molecule has 7 heteroatoms. The Balaban J connectivity index is 2.07. The summed E-state index contributed by atoms with van der Waals surface area (Å²) in [6.45, 7) is 3.15. The third kappa shape index (κ3) is 4.51. The SMILES string of the molecule is COCCNc1cc(C(=O)Nc2ccc(C)cc2Br)ncn1. The van der Waals surface area contributed by atoms with Gasteiger partial charge >= 0.3 is 0 Å². The van der Waals surface area contributed by atoms with Crippen molar-refractivity contribution in [3.05, 3.63) is 46.3 Å². The second kappa shape index (κ2) is 7.86. The van der Waals surface area contributed by atoms with E-state index in [-0.39, 0.29) is 5.91 Å². The molecule has 0 fully saturated rings. The first kappa shape index (κ1) is 16.4. The Labute approximate surface area is 137 Å². The first-order valence-electron chi connectivity index (χ1n) is 6.72. The molecule has 0 aliphatic carbocycles. The topological polar surface area (TPSA) is 76.1 Å². The molecular formula is C15H17BrN4O2. The fourth-order valence-electron chi connectivity index (χ4n) is 1.77. The molecule has 0 aliphatic heterocycles. The standard InChI is InChI=1S/C15H17BrN4O2/c1-10-3-4-12(11(16)7-10)20-15(21)13-8-14(19-9-18-13)17-5-6-22-2/h3-4,7-9H,5-6H2,1-2H3,(H,20,21)(H,17,18,19). The summed E-state index contributed by atoms with van der Waals surface area (Å²) < 4.78 is 5.78. The summed E-state index contributed by atoms with van der Waals surface area (Å²) in [5.74, 6) is 0.293. The summed E-state index contributed by atoms with van der Waals surface area (Å²) >= 11 is 3.43. The van der Waals surface area contributed by atoms with Gasteiger partial charge < -0.3 is 15.4 Å². The molecule has 0 spiro atoms. The number of nitrogens with one attached hydrogen (secondary N) is 2. The van der Waals surface area contributed by atoms with E-state index in [1.807, 2.05) is 25.1 Å². The van der Waals surface area contributed by atoms with E-state index < -0.39 is 0 Å². The van der Waals surface area contributed by atoms with Crippen molar-refractivity contribution >= 4 is 33.3 Å². The average Bonchev–Trinajstić information content (AvgIpc) is 2.50. The number of aryl methyl sites for hydroxylation is 1. The Morgan fingerprint density at radius 1 is 1.32 bits per heavy atom. The van der Waals surface area contributed by atoms with Gasteiger partial charge in [0.2, 0.25) is 0 Å². The first-order valence-corrected chi connectivity index (χ1v) is 7.52. The van der Waals surface area contributed by atoms with Gasteiger partial charge in [-0.3, -0.25) is 4.79 Å². The molecule has 6 nitrogen and oxygen atoms in total. The number of carbonyl (C=O) groups excluding carboxylic acids is 1. The molecule has 0 aliphatic rings. The molecule has 0 bridgehead atoms. The summed E-state index contributed by atoms with van der Waals surface area (Å²) in [5, 5.41) is 5.88. The van der Waals surface area contributed by atoms with E-state index in [1.54, 1.807) is 13.2 Å². The number of amides is 1. The zero-order chi connectivity index (χ0) is 15.9. The van der Waals surface area contributed by atoms with Crippen molar-refractivity contribution in [1.29, 1.82) is 0 Å². The monoisotopic (exact) mass is 364 g/mol. The molecular weight excluding hydrogens is 348 g/mol. The zero-order valence-electron chi connectivity index (χ0n) is 12.4. The Hall–Kier alpha value is -1.99. The maximum absolute atomic E-state index is 12.3. The van der Waals surface area contributed by atoms with Crippen molar-refractivity contribution in [2.45, 2.75) is 6.92 Å². The number of anilines is 2. The molecule has 1 amide bonds. The largest absolute Gasteiger partial charge is 0.383 e. The lowest BCUT2D eigenvalue weighted by atomic mass is 10.2. The third-order valence-corrected chi connectivity index (χ3v) is 3.54. The third-order valence-electron chi connectivity index (χ3n) is 2.88. The number of hydrogen-bond donors (Lipinski definition) is 2. The minimum atomic E-state index is -0.290. The number of benzene rings is 1. The summed E-state index contributed by atoms with van der Waals surface area (Å²) in [6, 6.07) is 7.31. The number of aromatic nitrogens is 2. The maximum atomic E-state index is 12.3. The lowest BCUT2D eigenvalue weighted by Crippen LogP contribution is -2.16. The first-order chi connectivity index (χ1) is 10.6. The van der Waals surface area contributed by atoms with Crippen LogP contribution in [0.4, 0.5) is 11.5 Å². The summed E-state index contributed by atoms with van der Waals surface area (Å²) in [5.41, 5.74) is 2.10. The molecule has 1 aromatic carbocycles. The number of halogens is 1. The predicted octanol–water partition coefficient (Wildman–Crippen LogP) is 2.86. The molecule has 116 valence electrons. The van der Waals surface area contributed by atoms with Gasteiger partial charge in [-0.05, 0) is 40.5 Å². The van der Waals surface area contributed by atoms with Crippen LogP contribution in [-0.4, -0.2) is 36.1 Å². The second-order valence-corrected chi connectivity index (χ2v) is 5.50. The summed E-state index contributed by atoms with van der Waals surface area (Å²) in [4.78, 5) is 20.3. The van der Waals surface area contributed by atoms with Crippen molar-refractivity contribution < 1.29 is 9.53 Å². The van der Waals surface area contributed by atoms with Crippen LogP contribution in [0.5, 0.6) is 0 Å². The fraction of sp³-hybridized carbons (Fsp3) is 0.267. The number of methoxy groups -OCH3 is 1. The fourth-order valence-corrected chi connectivity index (χ4v) is 2.36. The zero-order valence-corrected chi connectivity index (χ0v) is 14.0. The van der Waals surface area contributed by atoms with Crippen LogP contribution < -0.4 is 10.6 Å². The number of carbonyl (C=O) groups is 1. The van der Waals surface area contributed by atoms with Crippen molar-refractivity contribution in [2.24, 2.45) is 0 Å². The normalized spacial score (nSPS) is 10.3. The van der Waals surface area contributed by atoms with Crippen LogP contribution in [0.2, 0.25) is 0 Å². The Bertz CT molecular complexity index is 664. The molecule has 0 saturated carbocycles. The second-order valence-electron chi connectivity index (χ2n) is 4.65. The summed E-state index contributed by atoms with van der Waals surface area (Å²) in [7, 11) is 1.62. The summed E-state index contributed by atoms with van der Waals surface area (Å²) in [6.07, 6.45) is 1.36. The highest BCUT2D eigenvalue weighted by atomic mass is 79.9. The van der Waals surface area contributed by atoms with E-state index in [4.69, 9.17) is 4.74 Å². The van der Waals surface area contributed by atoms with E-state index >= 15 is 0 Å². The number of hydrogen-bond acceptors (Lipinski definition) is 5. The van der Waals surface area contributed by atoms with Crippen molar-refractivity contribution in [3.8, 4) is 0 Å². The minimum Gasteiger partial charge on any atom is -0.383 e. The van der Waals surface area contributed by atoms with Gasteiger partial charge in [0.1, 0.15) is 17.8 Å². The van der Waals surface area contributed by atoms with Gasteiger partial charge in [0.05, 0.1) is 12.3 Å². The highest BCUT2D eigenvalue weighted by Crippen LogP contribution is 2.23. The van der Waals surface area contributed by atoms with Crippen LogP contribution >= 0.6 is 15.9 Å². The molecule has 1 aromatic heterocycles. The van der Waals surface area contributed by atoms with Gasteiger partial charge in [0, 0.05) is 24.2 Å². The molecule has 2 rings (SSSR count). The molecule has 0 unspecified atom stereocenters.